The van der Waals surface area contributed by atoms with E-state index in [4.69, 9.17) is 4.74 Å². The topological polar surface area (TPSA) is 58.6 Å². The van der Waals surface area contributed by atoms with Crippen molar-refractivity contribution >= 4 is 39.1 Å². The first-order valence-electron chi connectivity index (χ1n) is 7.54. The number of benzene rings is 2. The van der Waals surface area contributed by atoms with Crippen molar-refractivity contribution < 1.29 is 14.3 Å². The zero-order chi connectivity index (χ0) is 17.3. The van der Waals surface area contributed by atoms with Gasteiger partial charge in [-0.2, -0.15) is 0 Å². The molecule has 0 aliphatic carbocycles. The van der Waals surface area contributed by atoms with Crippen LogP contribution in [0.4, 0.5) is 11.4 Å². The number of anilines is 2. The van der Waals surface area contributed by atoms with Gasteiger partial charge >= 0.3 is 0 Å². The van der Waals surface area contributed by atoms with Crippen LogP contribution in [0.3, 0.4) is 0 Å². The van der Waals surface area contributed by atoms with Crippen molar-refractivity contribution in [1.82, 2.24) is 0 Å². The van der Waals surface area contributed by atoms with Gasteiger partial charge in [-0.15, -0.1) is 0 Å². The van der Waals surface area contributed by atoms with Crippen LogP contribution in [0.1, 0.15) is 11.1 Å². The average molecular weight is 389 g/mol. The van der Waals surface area contributed by atoms with E-state index < -0.39 is 0 Å². The van der Waals surface area contributed by atoms with E-state index in [0.29, 0.717) is 11.4 Å². The first-order valence-corrected chi connectivity index (χ1v) is 8.34. The Kier molecular flexibility index (Phi) is 4.57. The van der Waals surface area contributed by atoms with E-state index in [-0.39, 0.29) is 25.0 Å². The van der Waals surface area contributed by atoms with E-state index in [1.54, 1.807) is 12.1 Å². The molecule has 3 rings (SSSR count). The molecule has 2 aromatic carbocycles. The van der Waals surface area contributed by atoms with Gasteiger partial charge in [0, 0.05) is 10.2 Å². The summed E-state index contributed by atoms with van der Waals surface area (Å²) in [5.41, 5.74) is 3.48. The highest BCUT2D eigenvalue weighted by molar-refractivity contribution is 9.10. The number of ether oxygens (including phenoxy) is 1. The van der Waals surface area contributed by atoms with Crippen LogP contribution in [-0.4, -0.2) is 25.0 Å². The Bertz CT molecular complexity index is 820. The Morgan fingerprint density at radius 2 is 2.08 bits per heavy atom. The number of fused-ring (bicyclic) bond motifs is 1. The van der Waals surface area contributed by atoms with Crippen molar-refractivity contribution in [2.75, 3.05) is 23.4 Å². The lowest BCUT2D eigenvalue weighted by Crippen LogP contribution is -2.43. The van der Waals surface area contributed by atoms with E-state index >= 15 is 0 Å². The fourth-order valence-electron chi connectivity index (χ4n) is 2.57. The summed E-state index contributed by atoms with van der Waals surface area (Å²) in [7, 11) is 0. The molecule has 1 aliphatic heterocycles. The third kappa shape index (κ3) is 3.28. The molecule has 24 heavy (non-hydrogen) atoms. The molecular weight excluding hydrogens is 372 g/mol. The summed E-state index contributed by atoms with van der Waals surface area (Å²) in [5, 5.41) is 2.88. The second kappa shape index (κ2) is 6.65. The molecule has 1 N–H and O–H groups in total. The molecule has 124 valence electrons. The number of hydrogen-bond acceptors (Lipinski definition) is 3. The predicted molar refractivity (Wildman–Crippen MR) is 96.5 cm³/mol. The first kappa shape index (κ1) is 16.5. The van der Waals surface area contributed by atoms with Crippen LogP contribution in [0.15, 0.2) is 40.9 Å². The number of halogens is 1. The highest BCUT2D eigenvalue weighted by Crippen LogP contribution is 2.34. The molecule has 0 atom stereocenters. The minimum Gasteiger partial charge on any atom is -0.482 e. The van der Waals surface area contributed by atoms with Gasteiger partial charge in [0.1, 0.15) is 12.3 Å². The van der Waals surface area contributed by atoms with Crippen molar-refractivity contribution in [2.45, 2.75) is 13.8 Å². The summed E-state index contributed by atoms with van der Waals surface area (Å²) in [5.74, 6) is 0.109. The second-order valence-corrected chi connectivity index (χ2v) is 6.59. The lowest BCUT2D eigenvalue weighted by molar-refractivity contribution is -0.123. The molecule has 0 bridgehead atoms. The van der Waals surface area contributed by atoms with E-state index in [9.17, 15) is 9.59 Å². The number of carbonyl (C=O) groups excluding carboxylic acids is 2. The van der Waals surface area contributed by atoms with Gasteiger partial charge in [0.25, 0.3) is 5.91 Å². The van der Waals surface area contributed by atoms with Crippen molar-refractivity contribution in [3.63, 3.8) is 0 Å². The Hall–Kier alpha value is -2.34. The van der Waals surface area contributed by atoms with Crippen molar-refractivity contribution in [1.29, 1.82) is 0 Å². The van der Waals surface area contributed by atoms with Gasteiger partial charge in [-0.25, -0.2) is 0 Å². The van der Waals surface area contributed by atoms with Crippen LogP contribution in [0.2, 0.25) is 0 Å². The normalized spacial score (nSPS) is 13.3. The summed E-state index contributed by atoms with van der Waals surface area (Å²) in [6.45, 7) is 3.83. The maximum atomic E-state index is 12.4. The molecule has 0 aromatic heterocycles. The molecular formula is C18H17BrN2O3. The molecule has 1 heterocycles. The van der Waals surface area contributed by atoms with Gasteiger partial charge in [-0.05, 0) is 49.2 Å². The molecule has 5 nitrogen and oxygen atoms in total. The zero-order valence-corrected chi connectivity index (χ0v) is 15.0. The molecule has 2 amide bonds. The lowest BCUT2D eigenvalue weighted by atomic mass is 10.1. The lowest BCUT2D eigenvalue weighted by Gasteiger charge is -2.29. The monoisotopic (exact) mass is 388 g/mol. The molecule has 1 aliphatic rings. The van der Waals surface area contributed by atoms with E-state index in [1.165, 1.54) is 4.90 Å². The van der Waals surface area contributed by atoms with E-state index in [2.05, 4.69) is 21.2 Å². The minimum atomic E-state index is -0.243. The number of nitrogens with zero attached hydrogens (tertiary/aromatic N) is 1. The Morgan fingerprint density at radius 1 is 1.29 bits per heavy atom. The number of rotatable bonds is 3. The SMILES string of the molecule is Cc1cccc(NC(=O)CN2C(=O)COc3cc(Br)ccc32)c1C. The van der Waals surface area contributed by atoms with Crippen molar-refractivity contribution in [3.05, 3.63) is 52.0 Å². The molecule has 0 unspecified atom stereocenters. The van der Waals surface area contributed by atoms with Gasteiger partial charge in [-0.1, -0.05) is 28.1 Å². The Morgan fingerprint density at radius 3 is 2.88 bits per heavy atom. The van der Waals surface area contributed by atoms with Crippen molar-refractivity contribution in [3.8, 4) is 5.75 Å². The van der Waals surface area contributed by atoms with Gasteiger partial charge in [0.05, 0.1) is 5.69 Å². The number of hydrogen-bond donors (Lipinski definition) is 1. The quantitative estimate of drug-likeness (QED) is 0.875. The highest BCUT2D eigenvalue weighted by Gasteiger charge is 2.27. The van der Waals surface area contributed by atoms with Crippen LogP contribution in [0, 0.1) is 13.8 Å². The minimum absolute atomic E-state index is 0.0514. The smallest absolute Gasteiger partial charge is 0.265 e. The number of carbonyl (C=O) groups is 2. The standard InChI is InChI=1S/C18H17BrN2O3/c1-11-4-3-5-14(12(11)2)20-17(22)9-21-15-7-6-13(19)8-16(15)24-10-18(21)23/h3-8H,9-10H2,1-2H3,(H,20,22). The largest absolute Gasteiger partial charge is 0.482 e. The number of amides is 2. The average Bonchev–Trinajstić information content (AvgIpc) is 2.54. The van der Waals surface area contributed by atoms with E-state index in [0.717, 1.165) is 21.3 Å². The predicted octanol–water partition coefficient (Wildman–Crippen LogP) is 3.43. The molecule has 0 saturated heterocycles. The fourth-order valence-corrected chi connectivity index (χ4v) is 2.91. The summed E-state index contributed by atoms with van der Waals surface area (Å²) in [4.78, 5) is 26.0. The maximum absolute atomic E-state index is 12.4. The first-order chi connectivity index (χ1) is 11.5. The summed E-state index contributed by atoms with van der Waals surface area (Å²) < 4.78 is 6.29. The Labute approximate surface area is 148 Å². The molecule has 0 fully saturated rings. The van der Waals surface area contributed by atoms with Gasteiger partial charge in [-0.3, -0.25) is 14.5 Å². The molecule has 0 radical (unpaired) electrons. The van der Waals surface area contributed by atoms with Crippen LogP contribution in [-0.2, 0) is 9.59 Å². The maximum Gasteiger partial charge on any atom is 0.265 e. The van der Waals surface area contributed by atoms with Crippen molar-refractivity contribution in [2.24, 2.45) is 0 Å². The van der Waals surface area contributed by atoms with Crippen LogP contribution >= 0.6 is 15.9 Å². The van der Waals surface area contributed by atoms with Gasteiger partial charge in [0.15, 0.2) is 6.61 Å². The van der Waals surface area contributed by atoms with Gasteiger partial charge < -0.3 is 10.1 Å². The summed E-state index contributed by atoms with van der Waals surface area (Å²) in [6.07, 6.45) is 0. The Balaban J connectivity index is 1.79. The highest BCUT2D eigenvalue weighted by atomic mass is 79.9. The third-order valence-corrected chi connectivity index (χ3v) is 4.54. The summed E-state index contributed by atoms with van der Waals surface area (Å²) >= 11 is 3.37. The number of nitrogens with one attached hydrogen (secondary N) is 1. The molecule has 6 heteroatoms. The second-order valence-electron chi connectivity index (χ2n) is 5.68. The van der Waals surface area contributed by atoms with Crippen LogP contribution in [0.25, 0.3) is 0 Å². The molecule has 0 saturated carbocycles. The molecule has 2 aromatic rings. The van der Waals surface area contributed by atoms with Crippen LogP contribution in [0.5, 0.6) is 5.75 Å². The van der Waals surface area contributed by atoms with Gasteiger partial charge in [0.2, 0.25) is 5.91 Å². The third-order valence-electron chi connectivity index (χ3n) is 4.05. The van der Waals surface area contributed by atoms with E-state index in [1.807, 2.05) is 38.1 Å². The van der Waals surface area contributed by atoms with Crippen LogP contribution < -0.4 is 15.0 Å². The molecule has 0 spiro atoms. The number of aryl methyl sites for hydroxylation is 1. The fraction of sp³-hybridized carbons (Fsp3) is 0.222. The summed E-state index contributed by atoms with van der Waals surface area (Å²) in [6, 6.07) is 11.1. The zero-order valence-electron chi connectivity index (χ0n) is 13.4.